The van der Waals surface area contributed by atoms with Gasteiger partial charge in [-0.05, 0) is 30.9 Å². The zero-order chi connectivity index (χ0) is 11.1. The van der Waals surface area contributed by atoms with Crippen LogP contribution in [-0.2, 0) is 22.4 Å². The normalized spacial score (nSPS) is 12.7. The van der Waals surface area contributed by atoms with E-state index in [1.54, 1.807) is 7.11 Å². The van der Waals surface area contributed by atoms with Crippen molar-refractivity contribution < 1.29 is 9.57 Å². The Balaban J connectivity index is 2.48. The van der Waals surface area contributed by atoms with Gasteiger partial charge >= 0.3 is 0 Å². The molecule has 0 spiro atoms. The molecule has 0 aliphatic carbocycles. The van der Waals surface area contributed by atoms with E-state index < -0.39 is 0 Å². The van der Waals surface area contributed by atoms with Crippen LogP contribution in [-0.4, -0.2) is 19.8 Å². The van der Waals surface area contributed by atoms with Crippen LogP contribution in [0, 0.1) is 0 Å². The molecule has 0 radical (unpaired) electrons. The smallest absolute Gasteiger partial charge is 0.0719 e. The molecule has 0 fully saturated rings. The Kier molecular flexibility index (Phi) is 5.32. The summed E-state index contributed by atoms with van der Waals surface area (Å²) in [6.07, 6.45) is 2.07. The summed E-state index contributed by atoms with van der Waals surface area (Å²) in [5.41, 5.74) is 2.54. The van der Waals surface area contributed by atoms with Gasteiger partial charge in [-0.25, -0.2) is 5.90 Å². The van der Waals surface area contributed by atoms with Crippen LogP contribution in [0.15, 0.2) is 24.3 Å². The van der Waals surface area contributed by atoms with Crippen molar-refractivity contribution >= 4 is 0 Å². The molecule has 1 aromatic rings. The van der Waals surface area contributed by atoms with Gasteiger partial charge in [0.1, 0.15) is 0 Å². The summed E-state index contributed by atoms with van der Waals surface area (Å²) >= 11 is 0. The zero-order valence-corrected chi connectivity index (χ0v) is 9.40. The van der Waals surface area contributed by atoms with Crippen LogP contribution in [0.3, 0.4) is 0 Å². The van der Waals surface area contributed by atoms with Gasteiger partial charge in [-0.3, -0.25) is 0 Å². The van der Waals surface area contributed by atoms with Crippen LogP contribution >= 0.6 is 0 Å². The van der Waals surface area contributed by atoms with E-state index in [4.69, 9.17) is 10.6 Å². The van der Waals surface area contributed by atoms with Crippen LogP contribution < -0.4 is 5.90 Å². The van der Waals surface area contributed by atoms with Crippen molar-refractivity contribution in [1.82, 2.24) is 0 Å². The lowest BCUT2D eigenvalue weighted by Crippen LogP contribution is -2.08. The fourth-order valence-corrected chi connectivity index (χ4v) is 1.43. The molecule has 0 saturated heterocycles. The maximum Gasteiger partial charge on any atom is 0.0719 e. The quantitative estimate of drug-likeness (QED) is 0.725. The SMILES string of the molecule is COC(C)Cc1ccc(CCON)cc1. The first-order valence-electron chi connectivity index (χ1n) is 5.18. The van der Waals surface area contributed by atoms with Gasteiger partial charge in [-0.15, -0.1) is 0 Å². The standard InChI is InChI=1S/C12H19NO2/c1-10(14-2)9-12-5-3-11(4-6-12)7-8-15-13/h3-6,10H,7-9,13H2,1-2H3. The minimum Gasteiger partial charge on any atom is -0.381 e. The Hall–Kier alpha value is -0.900. The average molecular weight is 209 g/mol. The molecule has 0 aromatic heterocycles. The van der Waals surface area contributed by atoms with E-state index in [9.17, 15) is 0 Å². The van der Waals surface area contributed by atoms with E-state index >= 15 is 0 Å². The second-order valence-electron chi connectivity index (χ2n) is 3.69. The first kappa shape index (κ1) is 12.2. The summed E-state index contributed by atoms with van der Waals surface area (Å²) in [6.45, 7) is 2.63. The van der Waals surface area contributed by atoms with E-state index in [0.29, 0.717) is 6.61 Å². The molecule has 1 unspecified atom stereocenters. The number of hydrogen-bond acceptors (Lipinski definition) is 3. The number of nitrogens with two attached hydrogens (primary N) is 1. The van der Waals surface area contributed by atoms with Crippen molar-refractivity contribution in [2.24, 2.45) is 5.90 Å². The number of methoxy groups -OCH3 is 1. The average Bonchev–Trinajstić information content (AvgIpc) is 2.28. The monoisotopic (exact) mass is 209 g/mol. The molecule has 1 aromatic carbocycles. The Morgan fingerprint density at radius 3 is 2.33 bits per heavy atom. The fraction of sp³-hybridized carbons (Fsp3) is 0.500. The summed E-state index contributed by atoms with van der Waals surface area (Å²) in [6, 6.07) is 8.47. The molecule has 0 aliphatic rings. The first-order valence-corrected chi connectivity index (χ1v) is 5.18. The van der Waals surface area contributed by atoms with Gasteiger partial charge in [-0.2, -0.15) is 0 Å². The molecule has 15 heavy (non-hydrogen) atoms. The molecule has 2 N–H and O–H groups in total. The highest BCUT2D eigenvalue weighted by Gasteiger charge is 2.01. The summed E-state index contributed by atoms with van der Waals surface area (Å²) in [5.74, 6) is 4.97. The molecule has 0 amide bonds. The first-order chi connectivity index (χ1) is 7.26. The van der Waals surface area contributed by atoms with Gasteiger partial charge in [-0.1, -0.05) is 24.3 Å². The third kappa shape index (κ3) is 4.42. The van der Waals surface area contributed by atoms with Gasteiger partial charge in [0.2, 0.25) is 0 Å². The molecular formula is C12H19NO2. The molecule has 1 rings (SSSR count). The highest BCUT2D eigenvalue weighted by Crippen LogP contribution is 2.08. The van der Waals surface area contributed by atoms with Crippen molar-refractivity contribution in [3.8, 4) is 0 Å². The highest BCUT2D eigenvalue weighted by atomic mass is 16.6. The van der Waals surface area contributed by atoms with Crippen molar-refractivity contribution in [1.29, 1.82) is 0 Å². The van der Waals surface area contributed by atoms with Crippen LogP contribution in [0.4, 0.5) is 0 Å². The van der Waals surface area contributed by atoms with Crippen molar-refractivity contribution in [3.63, 3.8) is 0 Å². The van der Waals surface area contributed by atoms with Gasteiger partial charge in [0, 0.05) is 7.11 Å². The van der Waals surface area contributed by atoms with E-state index in [1.165, 1.54) is 11.1 Å². The zero-order valence-electron chi connectivity index (χ0n) is 9.40. The predicted octanol–water partition coefficient (Wildman–Crippen LogP) is 1.70. The molecule has 1 atom stereocenters. The topological polar surface area (TPSA) is 44.5 Å². The van der Waals surface area contributed by atoms with Crippen LogP contribution in [0.1, 0.15) is 18.1 Å². The maximum absolute atomic E-state index is 5.21. The molecule has 0 aliphatic heterocycles. The van der Waals surface area contributed by atoms with Crippen molar-refractivity contribution in [2.75, 3.05) is 13.7 Å². The van der Waals surface area contributed by atoms with Gasteiger partial charge < -0.3 is 9.57 Å². The van der Waals surface area contributed by atoms with Crippen LogP contribution in [0.5, 0.6) is 0 Å². The Labute approximate surface area is 91.1 Å². The molecule has 0 heterocycles. The lowest BCUT2D eigenvalue weighted by molar-refractivity contribution is 0.119. The van der Waals surface area contributed by atoms with E-state index in [1.807, 2.05) is 0 Å². The molecule has 84 valence electrons. The Bertz CT molecular complexity index is 271. The second-order valence-corrected chi connectivity index (χ2v) is 3.69. The summed E-state index contributed by atoms with van der Waals surface area (Å²) in [7, 11) is 1.73. The summed E-state index contributed by atoms with van der Waals surface area (Å²) in [5, 5.41) is 0. The lowest BCUT2D eigenvalue weighted by Gasteiger charge is -2.09. The van der Waals surface area contributed by atoms with Gasteiger partial charge in [0.25, 0.3) is 0 Å². The van der Waals surface area contributed by atoms with E-state index in [2.05, 4.69) is 36.0 Å². The molecule has 0 bridgehead atoms. The number of benzene rings is 1. The van der Waals surface area contributed by atoms with Crippen molar-refractivity contribution in [3.05, 3.63) is 35.4 Å². The number of ether oxygens (including phenoxy) is 1. The lowest BCUT2D eigenvalue weighted by atomic mass is 10.1. The Morgan fingerprint density at radius 2 is 1.80 bits per heavy atom. The largest absolute Gasteiger partial charge is 0.381 e. The van der Waals surface area contributed by atoms with E-state index in [0.717, 1.165) is 12.8 Å². The van der Waals surface area contributed by atoms with Gasteiger partial charge in [0.15, 0.2) is 0 Å². The minimum atomic E-state index is 0.267. The Morgan fingerprint density at radius 1 is 1.20 bits per heavy atom. The minimum absolute atomic E-state index is 0.267. The van der Waals surface area contributed by atoms with E-state index in [-0.39, 0.29) is 6.10 Å². The third-order valence-corrected chi connectivity index (χ3v) is 2.46. The van der Waals surface area contributed by atoms with Crippen LogP contribution in [0.2, 0.25) is 0 Å². The summed E-state index contributed by atoms with van der Waals surface area (Å²) in [4.78, 5) is 4.54. The maximum atomic E-state index is 5.21. The van der Waals surface area contributed by atoms with Gasteiger partial charge in [0.05, 0.1) is 12.7 Å². The highest BCUT2D eigenvalue weighted by molar-refractivity contribution is 5.23. The second kappa shape index (κ2) is 6.56. The third-order valence-electron chi connectivity index (χ3n) is 2.46. The predicted molar refractivity (Wildman–Crippen MR) is 60.5 cm³/mol. The number of rotatable bonds is 6. The molecular weight excluding hydrogens is 190 g/mol. The molecule has 3 nitrogen and oxygen atoms in total. The van der Waals surface area contributed by atoms with Crippen molar-refractivity contribution in [2.45, 2.75) is 25.9 Å². The van der Waals surface area contributed by atoms with Crippen LogP contribution in [0.25, 0.3) is 0 Å². The summed E-state index contributed by atoms with van der Waals surface area (Å²) < 4.78 is 5.21. The molecule has 0 saturated carbocycles. The molecule has 3 heteroatoms. The fourth-order valence-electron chi connectivity index (χ4n) is 1.43. The number of hydrogen-bond donors (Lipinski definition) is 1.